The first-order valence-corrected chi connectivity index (χ1v) is 7.33. The van der Waals surface area contributed by atoms with Gasteiger partial charge in [0.15, 0.2) is 0 Å². The Hall–Kier alpha value is -2.25. The van der Waals surface area contributed by atoms with E-state index in [4.69, 9.17) is 23.2 Å². The van der Waals surface area contributed by atoms with Crippen molar-refractivity contribution in [2.75, 3.05) is 5.32 Å². The van der Waals surface area contributed by atoms with Crippen LogP contribution in [0.4, 0.5) is 18.9 Å². The van der Waals surface area contributed by atoms with Crippen LogP contribution >= 0.6 is 23.2 Å². The molecule has 124 valence electrons. The predicted octanol–water partition coefficient (Wildman–Crippen LogP) is 5.14. The molecule has 0 spiro atoms. The number of halogens is 5. The van der Waals surface area contributed by atoms with Gasteiger partial charge in [-0.25, -0.2) is 4.98 Å². The second-order valence-corrected chi connectivity index (χ2v) is 5.67. The number of carbonyl (C=O) groups is 1. The van der Waals surface area contributed by atoms with Crippen molar-refractivity contribution < 1.29 is 18.0 Å². The average Bonchev–Trinajstić information content (AvgIpc) is 2.87. The van der Waals surface area contributed by atoms with Crippen molar-refractivity contribution in [3.8, 4) is 0 Å². The molecule has 0 unspecified atom stereocenters. The van der Waals surface area contributed by atoms with Crippen LogP contribution in [0, 0.1) is 0 Å². The van der Waals surface area contributed by atoms with Gasteiger partial charge in [0.05, 0.1) is 21.6 Å². The van der Waals surface area contributed by atoms with Gasteiger partial charge in [-0.2, -0.15) is 13.2 Å². The van der Waals surface area contributed by atoms with E-state index >= 15 is 0 Å². The second-order valence-electron chi connectivity index (χ2n) is 4.91. The molecule has 0 atom stereocenters. The molecule has 4 nitrogen and oxygen atoms in total. The SMILES string of the molecule is O=C(Nc1ccc(Cl)c(C(F)(F)F)c1)c1ccc2nc(Cl)[nH]c2c1. The maximum absolute atomic E-state index is 12.8. The van der Waals surface area contributed by atoms with Crippen LogP contribution in [0.25, 0.3) is 11.0 Å². The zero-order valence-corrected chi connectivity index (χ0v) is 13.2. The van der Waals surface area contributed by atoms with Crippen LogP contribution in [-0.2, 0) is 6.18 Å². The van der Waals surface area contributed by atoms with Crippen molar-refractivity contribution in [1.82, 2.24) is 9.97 Å². The monoisotopic (exact) mass is 373 g/mol. The maximum Gasteiger partial charge on any atom is 0.417 e. The summed E-state index contributed by atoms with van der Waals surface area (Å²) >= 11 is 11.3. The smallest absolute Gasteiger partial charge is 0.329 e. The Kier molecular flexibility index (Phi) is 4.15. The highest BCUT2D eigenvalue weighted by Crippen LogP contribution is 2.36. The molecule has 3 rings (SSSR count). The zero-order valence-electron chi connectivity index (χ0n) is 11.7. The number of nitrogens with zero attached hydrogens (tertiary/aromatic N) is 1. The molecule has 2 aromatic carbocycles. The number of nitrogens with one attached hydrogen (secondary N) is 2. The van der Waals surface area contributed by atoms with Gasteiger partial charge in [-0.1, -0.05) is 11.6 Å². The second kappa shape index (κ2) is 5.99. The Morgan fingerprint density at radius 1 is 1.12 bits per heavy atom. The number of amides is 1. The number of aromatic nitrogens is 2. The number of hydrogen-bond donors (Lipinski definition) is 2. The number of fused-ring (bicyclic) bond motifs is 1. The van der Waals surface area contributed by atoms with Gasteiger partial charge < -0.3 is 10.3 Å². The van der Waals surface area contributed by atoms with E-state index in [2.05, 4.69) is 15.3 Å². The molecule has 0 bridgehead atoms. The van der Waals surface area contributed by atoms with Crippen molar-refractivity contribution in [2.24, 2.45) is 0 Å². The normalized spacial score (nSPS) is 11.7. The van der Waals surface area contributed by atoms with Crippen LogP contribution in [0.3, 0.4) is 0 Å². The molecule has 1 aromatic heterocycles. The molecule has 24 heavy (non-hydrogen) atoms. The number of imidazole rings is 1. The molecule has 1 amide bonds. The number of H-pyrrole nitrogens is 1. The highest BCUT2D eigenvalue weighted by atomic mass is 35.5. The van der Waals surface area contributed by atoms with E-state index in [1.165, 1.54) is 18.2 Å². The lowest BCUT2D eigenvalue weighted by molar-refractivity contribution is -0.137. The average molecular weight is 374 g/mol. The van der Waals surface area contributed by atoms with Crippen molar-refractivity contribution in [3.63, 3.8) is 0 Å². The standard InChI is InChI=1S/C15H8Cl2F3N3O/c16-10-3-2-8(6-9(10)15(18,19)20)21-13(24)7-1-4-11-12(5-7)23-14(17)22-11/h1-6H,(H,21,24)(H,22,23). The van der Waals surface area contributed by atoms with E-state index in [0.29, 0.717) is 11.0 Å². The van der Waals surface area contributed by atoms with Gasteiger partial charge in [-0.05, 0) is 48.0 Å². The third-order valence-electron chi connectivity index (χ3n) is 3.24. The summed E-state index contributed by atoms with van der Waals surface area (Å²) in [6.07, 6.45) is -4.61. The lowest BCUT2D eigenvalue weighted by Gasteiger charge is -2.11. The highest BCUT2D eigenvalue weighted by Gasteiger charge is 2.33. The molecule has 0 fully saturated rings. The summed E-state index contributed by atoms with van der Waals surface area (Å²) in [6.45, 7) is 0. The minimum absolute atomic E-state index is 0.0144. The summed E-state index contributed by atoms with van der Waals surface area (Å²) in [5.41, 5.74) is 0.325. The number of rotatable bonds is 2. The minimum atomic E-state index is -4.61. The van der Waals surface area contributed by atoms with Crippen LogP contribution in [0.1, 0.15) is 15.9 Å². The largest absolute Gasteiger partial charge is 0.417 e. The van der Waals surface area contributed by atoms with Crippen molar-refractivity contribution >= 4 is 45.8 Å². The Labute approximate surface area is 143 Å². The number of carbonyl (C=O) groups excluding carboxylic acids is 1. The first-order chi connectivity index (χ1) is 11.2. The van der Waals surface area contributed by atoms with Crippen LogP contribution in [0.15, 0.2) is 36.4 Å². The fraction of sp³-hybridized carbons (Fsp3) is 0.0667. The number of alkyl halides is 3. The van der Waals surface area contributed by atoms with Crippen LogP contribution in [0.5, 0.6) is 0 Å². The molecular formula is C15H8Cl2F3N3O. The van der Waals surface area contributed by atoms with Gasteiger partial charge in [-0.15, -0.1) is 0 Å². The first-order valence-electron chi connectivity index (χ1n) is 6.57. The summed E-state index contributed by atoms with van der Waals surface area (Å²) in [7, 11) is 0. The molecule has 3 aromatic rings. The van der Waals surface area contributed by atoms with E-state index in [1.807, 2.05) is 0 Å². The summed E-state index contributed by atoms with van der Waals surface area (Å²) in [4.78, 5) is 19.0. The molecule has 1 heterocycles. The summed E-state index contributed by atoms with van der Waals surface area (Å²) in [5, 5.41) is 2.14. The first kappa shape index (κ1) is 16.6. The highest BCUT2D eigenvalue weighted by molar-refractivity contribution is 6.31. The lowest BCUT2D eigenvalue weighted by atomic mass is 10.1. The van der Waals surface area contributed by atoms with Crippen molar-refractivity contribution in [2.45, 2.75) is 6.18 Å². The third-order valence-corrected chi connectivity index (χ3v) is 3.75. The summed E-state index contributed by atoms with van der Waals surface area (Å²) in [6, 6.07) is 7.74. The minimum Gasteiger partial charge on any atom is -0.329 e. The Balaban J connectivity index is 1.88. The lowest BCUT2D eigenvalue weighted by Crippen LogP contribution is -2.13. The van der Waals surface area contributed by atoms with Gasteiger partial charge in [-0.3, -0.25) is 4.79 Å². The Bertz CT molecular complexity index is 937. The molecule has 0 saturated heterocycles. The number of hydrogen-bond acceptors (Lipinski definition) is 2. The third kappa shape index (κ3) is 3.32. The summed E-state index contributed by atoms with van der Waals surface area (Å²) < 4.78 is 38.5. The van der Waals surface area contributed by atoms with E-state index < -0.39 is 22.7 Å². The molecule has 0 saturated carbocycles. The molecule has 2 N–H and O–H groups in total. The molecule has 0 aliphatic carbocycles. The molecular weight excluding hydrogens is 366 g/mol. The van der Waals surface area contributed by atoms with Crippen LogP contribution in [0.2, 0.25) is 10.3 Å². The Morgan fingerprint density at radius 3 is 2.58 bits per heavy atom. The van der Waals surface area contributed by atoms with Gasteiger partial charge >= 0.3 is 6.18 Å². The molecule has 0 aliphatic heterocycles. The fourth-order valence-corrected chi connectivity index (χ4v) is 2.56. The van der Waals surface area contributed by atoms with Crippen LogP contribution in [-0.4, -0.2) is 15.9 Å². The quantitative estimate of drug-likeness (QED) is 0.653. The zero-order chi connectivity index (χ0) is 17.5. The summed E-state index contributed by atoms with van der Waals surface area (Å²) in [5.74, 6) is -0.571. The number of aromatic amines is 1. The van der Waals surface area contributed by atoms with Crippen molar-refractivity contribution in [3.05, 3.63) is 57.8 Å². The van der Waals surface area contributed by atoms with E-state index in [9.17, 15) is 18.0 Å². The van der Waals surface area contributed by atoms with Crippen molar-refractivity contribution in [1.29, 1.82) is 0 Å². The van der Waals surface area contributed by atoms with E-state index in [1.54, 1.807) is 6.07 Å². The van der Waals surface area contributed by atoms with Gasteiger partial charge in [0.2, 0.25) is 5.28 Å². The molecule has 0 radical (unpaired) electrons. The Morgan fingerprint density at radius 2 is 1.88 bits per heavy atom. The fourth-order valence-electron chi connectivity index (χ4n) is 2.14. The van der Waals surface area contributed by atoms with E-state index in [-0.39, 0.29) is 16.5 Å². The number of benzene rings is 2. The van der Waals surface area contributed by atoms with Crippen LogP contribution < -0.4 is 5.32 Å². The molecule has 0 aliphatic rings. The predicted molar refractivity (Wildman–Crippen MR) is 85.5 cm³/mol. The van der Waals surface area contributed by atoms with Gasteiger partial charge in [0.25, 0.3) is 5.91 Å². The number of anilines is 1. The van der Waals surface area contributed by atoms with E-state index in [0.717, 1.165) is 12.1 Å². The maximum atomic E-state index is 12.8. The van der Waals surface area contributed by atoms with Gasteiger partial charge in [0.1, 0.15) is 0 Å². The van der Waals surface area contributed by atoms with Gasteiger partial charge in [0, 0.05) is 11.3 Å². The molecule has 9 heteroatoms. The topological polar surface area (TPSA) is 57.8 Å².